The van der Waals surface area contributed by atoms with Crippen LogP contribution in [-0.4, -0.2) is 23.8 Å². The molecule has 0 aliphatic carbocycles. The first-order valence-corrected chi connectivity index (χ1v) is 5.87. The Morgan fingerprint density at radius 1 is 0.824 bits per heavy atom. The molecule has 1 aliphatic rings. The third-order valence-electron chi connectivity index (χ3n) is 2.77. The molecule has 0 aromatic heterocycles. The fraction of sp³-hybridized carbons (Fsp3) is 0.133. The van der Waals surface area contributed by atoms with Gasteiger partial charge in [0.25, 0.3) is 0 Å². The molecule has 0 unspecified atom stereocenters. The second kappa shape index (κ2) is 4.42. The quantitative estimate of drug-likeness (QED) is 0.433. The van der Waals surface area contributed by atoms with Crippen LogP contribution < -0.4 is 0 Å². The van der Waals surface area contributed by atoms with E-state index in [0.29, 0.717) is 0 Å². The molecule has 0 N–H and O–H groups in total. The third-order valence-corrected chi connectivity index (χ3v) is 2.77. The maximum atomic E-state index is 4.73. The summed E-state index contributed by atoms with van der Waals surface area (Å²) in [7, 11) is 0. The Hall–Kier alpha value is -2.09. The van der Waals surface area contributed by atoms with Crippen LogP contribution in [0.1, 0.15) is 5.56 Å². The van der Waals surface area contributed by atoms with Crippen molar-refractivity contribution in [3.05, 3.63) is 66.2 Å². The van der Waals surface area contributed by atoms with Crippen LogP contribution in [0.2, 0.25) is 0 Å². The zero-order chi connectivity index (χ0) is 11.5. The summed E-state index contributed by atoms with van der Waals surface area (Å²) in [5.41, 5.74) is 2.20. The fourth-order valence-electron chi connectivity index (χ4n) is 1.79. The highest BCUT2D eigenvalue weighted by Crippen LogP contribution is 2.18. The predicted molar refractivity (Wildman–Crippen MR) is 70.7 cm³/mol. The molecule has 0 spiro atoms. The molecular formula is C15H14N2. The number of para-hydroxylation sites is 1. The van der Waals surface area contributed by atoms with Gasteiger partial charge in [0.2, 0.25) is 0 Å². The van der Waals surface area contributed by atoms with Crippen molar-refractivity contribution in [3.63, 3.8) is 0 Å². The fourth-order valence-corrected chi connectivity index (χ4v) is 1.79. The summed E-state index contributed by atoms with van der Waals surface area (Å²) >= 11 is 0. The van der Waals surface area contributed by atoms with Crippen LogP contribution >= 0.6 is 0 Å². The molecule has 1 saturated heterocycles. The molecule has 2 nitrogen and oxygen atoms in total. The smallest absolute Gasteiger partial charge is 0.136 e. The Kier molecular flexibility index (Phi) is 2.62. The van der Waals surface area contributed by atoms with Crippen LogP contribution in [-0.2, 0) is 0 Å². The van der Waals surface area contributed by atoms with E-state index in [2.05, 4.69) is 29.2 Å². The van der Waals surface area contributed by atoms with Crippen molar-refractivity contribution in [1.82, 2.24) is 4.90 Å². The van der Waals surface area contributed by atoms with Gasteiger partial charge in [-0.1, -0.05) is 48.5 Å². The SMILES string of the molecule is c1ccc(N=C(c2ccccc2)N2CC2)cc1. The van der Waals surface area contributed by atoms with E-state index in [0.717, 1.165) is 24.6 Å². The predicted octanol–water partition coefficient (Wildman–Crippen LogP) is 3.08. The minimum Gasteiger partial charge on any atom is -0.353 e. The van der Waals surface area contributed by atoms with Gasteiger partial charge < -0.3 is 4.90 Å². The van der Waals surface area contributed by atoms with Crippen molar-refractivity contribution in [2.75, 3.05) is 13.1 Å². The van der Waals surface area contributed by atoms with Gasteiger partial charge in [0.05, 0.1) is 5.69 Å². The van der Waals surface area contributed by atoms with Crippen LogP contribution in [0.3, 0.4) is 0 Å². The first-order valence-electron chi connectivity index (χ1n) is 5.87. The van der Waals surface area contributed by atoms with Gasteiger partial charge in [-0.15, -0.1) is 0 Å². The highest BCUT2D eigenvalue weighted by atomic mass is 15.3. The second-order valence-corrected chi connectivity index (χ2v) is 4.12. The Balaban J connectivity index is 1.99. The second-order valence-electron chi connectivity index (χ2n) is 4.12. The summed E-state index contributed by atoms with van der Waals surface area (Å²) in [6.07, 6.45) is 0. The van der Waals surface area contributed by atoms with Crippen LogP contribution in [0.5, 0.6) is 0 Å². The molecule has 2 heteroatoms. The Labute approximate surface area is 101 Å². The summed E-state index contributed by atoms with van der Waals surface area (Å²) in [4.78, 5) is 7.01. The Morgan fingerprint density at radius 3 is 2.00 bits per heavy atom. The maximum Gasteiger partial charge on any atom is 0.136 e. The van der Waals surface area contributed by atoms with E-state index in [1.165, 1.54) is 5.56 Å². The molecule has 0 radical (unpaired) electrons. The van der Waals surface area contributed by atoms with Crippen molar-refractivity contribution in [3.8, 4) is 0 Å². The van der Waals surface area contributed by atoms with Crippen LogP contribution in [0.4, 0.5) is 5.69 Å². The summed E-state index contributed by atoms with van der Waals surface area (Å²) in [5.74, 6) is 1.08. The van der Waals surface area contributed by atoms with E-state index in [4.69, 9.17) is 4.99 Å². The molecule has 1 heterocycles. The van der Waals surface area contributed by atoms with Gasteiger partial charge in [-0.2, -0.15) is 0 Å². The molecule has 1 fully saturated rings. The highest BCUT2D eigenvalue weighted by molar-refractivity contribution is 6.01. The number of hydrogen-bond acceptors (Lipinski definition) is 1. The minimum atomic E-state index is 1.01. The maximum absolute atomic E-state index is 4.73. The molecule has 0 saturated carbocycles. The number of amidine groups is 1. The number of aliphatic imine (C=N–C) groups is 1. The van der Waals surface area contributed by atoms with E-state index >= 15 is 0 Å². The van der Waals surface area contributed by atoms with E-state index < -0.39 is 0 Å². The monoisotopic (exact) mass is 222 g/mol. The van der Waals surface area contributed by atoms with Crippen LogP contribution in [0.25, 0.3) is 0 Å². The van der Waals surface area contributed by atoms with E-state index in [1.807, 2.05) is 36.4 Å². The number of hydrogen-bond donors (Lipinski definition) is 0. The van der Waals surface area contributed by atoms with Gasteiger partial charge >= 0.3 is 0 Å². The lowest BCUT2D eigenvalue weighted by Gasteiger charge is -2.07. The summed E-state index contributed by atoms with van der Waals surface area (Å²) < 4.78 is 0. The van der Waals surface area contributed by atoms with Gasteiger partial charge in [-0.25, -0.2) is 4.99 Å². The average molecular weight is 222 g/mol. The van der Waals surface area contributed by atoms with E-state index in [-0.39, 0.29) is 0 Å². The molecule has 0 bridgehead atoms. The zero-order valence-corrected chi connectivity index (χ0v) is 9.58. The lowest BCUT2D eigenvalue weighted by atomic mass is 10.2. The standard InChI is InChI=1S/C15H14N2/c1-3-7-13(8-4-1)15(17-11-12-17)16-14-9-5-2-6-10-14/h1-10H,11-12H2. The Morgan fingerprint density at radius 2 is 1.41 bits per heavy atom. The number of rotatable bonds is 2. The normalized spacial score (nSPS) is 14.8. The molecule has 84 valence electrons. The summed E-state index contributed by atoms with van der Waals surface area (Å²) in [6.45, 7) is 2.22. The van der Waals surface area contributed by atoms with Crippen molar-refractivity contribution in [1.29, 1.82) is 0 Å². The van der Waals surface area contributed by atoms with Gasteiger partial charge in [-0.05, 0) is 12.1 Å². The lowest BCUT2D eigenvalue weighted by molar-refractivity contribution is 0.845. The van der Waals surface area contributed by atoms with Crippen molar-refractivity contribution < 1.29 is 0 Å². The Bertz CT molecular complexity index is 513. The highest BCUT2D eigenvalue weighted by Gasteiger charge is 2.23. The molecular weight excluding hydrogens is 208 g/mol. The number of benzene rings is 2. The van der Waals surface area contributed by atoms with Gasteiger partial charge in [0, 0.05) is 18.7 Å². The van der Waals surface area contributed by atoms with Gasteiger partial charge in [0.15, 0.2) is 0 Å². The first-order chi connectivity index (χ1) is 8.43. The first kappa shape index (κ1) is 10.1. The van der Waals surface area contributed by atoms with E-state index in [9.17, 15) is 0 Å². The van der Waals surface area contributed by atoms with Crippen molar-refractivity contribution in [2.24, 2.45) is 4.99 Å². The molecule has 17 heavy (non-hydrogen) atoms. The summed E-state index contributed by atoms with van der Waals surface area (Å²) in [5, 5.41) is 0. The van der Waals surface area contributed by atoms with Crippen LogP contribution in [0, 0.1) is 0 Å². The van der Waals surface area contributed by atoms with E-state index in [1.54, 1.807) is 0 Å². The molecule has 2 aromatic rings. The lowest BCUT2D eigenvalue weighted by Crippen LogP contribution is -2.11. The average Bonchev–Trinajstić information content (AvgIpc) is 3.23. The van der Waals surface area contributed by atoms with Crippen molar-refractivity contribution in [2.45, 2.75) is 0 Å². The molecule has 0 amide bonds. The van der Waals surface area contributed by atoms with Gasteiger partial charge in [-0.3, -0.25) is 0 Å². The largest absolute Gasteiger partial charge is 0.353 e. The summed E-state index contributed by atoms with van der Waals surface area (Å²) in [6, 6.07) is 20.5. The molecule has 0 atom stereocenters. The van der Waals surface area contributed by atoms with Crippen molar-refractivity contribution >= 4 is 11.5 Å². The molecule has 2 aromatic carbocycles. The zero-order valence-electron chi connectivity index (χ0n) is 9.58. The topological polar surface area (TPSA) is 15.4 Å². The third kappa shape index (κ3) is 2.36. The minimum absolute atomic E-state index is 1.01. The van der Waals surface area contributed by atoms with Crippen LogP contribution in [0.15, 0.2) is 65.7 Å². The van der Waals surface area contributed by atoms with Gasteiger partial charge in [0.1, 0.15) is 5.84 Å². The molecule has 1 aliphatic heterocycles. The molecule has 3 rings (SSSR count). The number of nitrogens with zero attached hydrogens (tertiary/aromatic N) is 2.